The fourth-order valence-electron chi connectivity index (χ4n) is 4.36. The van der Waals surface area contributed by atoms with Crippen molar-refractivity contribution in [1.29, 1.82) is 0 Å². The fourth-order valence-corrected chi connectivity index (χ4v) is 4.36. The molecular weight excluding hydrogens is 410 g/mol. The second-order valence-corrected chi connectivity index (χ2v) is 8.40. The molecule has 2 aliphatic rings. The summed E-state index contributed by atoms with van der Waals surface area (Å²) < 4.78 is 77.7. The van der Waals surface area contributed by atoms with E-state index >= 15 is 0 Å². The Morgan fingerprint density at radius 3 is 1.90 bits per heavy atom. The van der Waals surface area contributed by atoms with Crippen LogP contribution in [0.5, 0.6) is 0 Å². The normalized spacial score (nSPS) is 19.9. The van der Waals surface area contributed by atoms with E-state index in [0.29, 0.717) is 12.1 Å². The Kier molecular flexibility index (Phi) is 6.99. The topological polar surface area (TPSA) is 32.3 Å². The van der Waals surface area contributed by atoms with Crippen LogP contribution >= 0.6 is 0 Å². The van der Waals surface area contributed by atoms with Crippen LogP contribution in [-0.2, 0) is 12.4 Å². The number of alkyl halides is 6. The Morgan fingerprint density at radius 2 is 1.40 bits per heavy atom. The van der Waals surface area contributed by atoms with Gasteiger partial charge in [0.25, 0.3) is 5.91 Å². The first kappa shape index (κ1) is 22.9. The SMILES string of the molecule is O=C(NCC1CCN(CC2CCCC2)CC1)c1cc(C(F)(F)F)cc(C(F)(F)F)c1. The van der Waals surface area contributed by atoms with Gasteiger partial charge >= 0.3 is 12.4 Å². The summed E-state index contributed by atoms with van der Waals surface area (Å²) in [4.78, 5) is 14.7. The van der Waals surface area contributed by atoms with Crippen molar-refractivity contribution in [1.82, 2.24) is 10.2 Å². The van der Waals surface area contributed by atoms with Gasteiger partial charge in [-0.1, -0.05) is 12.8 Å². The molecule has 1 aliphatic carbocycles. The van der Waals surface area contributed by atoms with Gasteiger partial charge in [-0.2, -0.15) is 26.3 Å². The molecule has 0 unspecified atom stereocenters. The van der Waals surface area contributed by atoms with Crippen LogP contribution in [0.4, 0.5) is 26.3 Å². The lowest BCUT2D eigenvalue weighted by molar-refractivity contribution is -0.143. The summed E-state index contributed by atoms with van der Waals surface area (Å²) in [5.74, 6) is 0.00615. The van der Waals surface area contributed by atoms with E-state index in [-0.39, 0.29) is 18.5 Å². The fraction of sp³-hybridized carbons (Fsp3) is 0.667. The number of benzene rings is 1. The lowest BCUT2D eigenvalue weighted by Gasteiger charge is -2.33. The zero-order valence-corrected chi connectivity index (χ0v) is 16.6. The third-order valence-electron chi connectivity index (χ3n) is 6.10. The summed E-state index contributed by atoms with van der Waals surface area (Å²) in [6.45, 7) is 3.13. The van der Waals surface area contributed by atoms with E-state index < -0.39 is 35.0 Å². The zero-order chi connectivity index (χ0) is 21.9. The Bertz CT molecular complexity index is 700. The highest BCUT2D eigenvalue weighted by Gasteiger charge is 2.37. The van der Waals surface area contributed by atoms with Crippen LogP contribution in [0.15, 0.2) is 18.2 Å². The molecular formula is C21H26F6N2O. The van der Waals surface area contributed by atoms with E-state index in [0.717, 1.165) is 38.4 Å². The Hall–Kier alpha value is -1.77. The van der Waals surface area contributed by atoms with Gasteiger partial charge in [0.15, 0.2) is 0 Å². The van der Waals surface area contributed by atoms with Crippen LogP contribution in [0.3, 0.4) is 0 Å². The summed E-state index contributed by atoms with van der Waals surface area (Å²) >= 11 is 0. The number of carbonyl (C=O) groups is 1. The number of halogens is 6. The summed E-state index contributed by atoms with van der Waals surface area (Å²) in [7, 11) is 0. The van der Waals surface area contributed by atoms with E-state index in [4.69, 9.17) is 0 Å². The van der Waals surface area contributed by atoms with Gasteiger partial charge in [0.1, 0.15) is 0 Å². The van der Waals surface area contributed by atoms with Crippen molar-refractivity contribution in [3.05, 3.63) is 34.9 Å². The number of amides is 1. The smallest absolute Gasteiger partial charge is 0.352 e. The molecule has 0 atom stereocenters. The van der Waals surface area contributed by atoms with Crippen LogP contribution in [0, 0.1) is 11.8 Å². The second-order valence-electron chi connectivity index (χ2n) is 8.40. The van der Waals surface area contributed by atoms with Crippen molar-refractivity contribution in [3.63, 3.8) is 0 Å². The van der Waals surface area contributed by atoms with Crippen molar-refractivity contribution in [2.45, 2.75) is 50.9 Å². The van der Waals surface area contributed by atoms with E-state index in [9.17, 15) is 31.1 Å². The molecule has 0 radical (unpaired) electrons. The summed E-state index contributed by atoms with van der Waals surface area (Å²) in [5.41, 5.74) is -3.60. The maximum atomic E-state index is 13.0. The van der Waals surface area contributed by atoms with Gasteiger partial charge in [-0.25, -0.2) is 0 Å². The first-order valence-corrected chi connectivity index (χ1v) is 10.3. The summed E-state index contributed by atoms with van der Waals surface area (Å²) in [5, 5.41) is 2.52. The zero-order valence-electron chi connectivity index (χ0n) is 16.6. The molecule has 1 saturated carbocycles. The lowest BCUT2D eigenvalue weighted by Crippen LogP contribution is -2.40. The number of nitrogens with one attached hydrogen (secondary N) is 1. The number of piperidine rings is 1. The first-order valence-electron chi connectivity index (χ1n) is 10.3. The molecule has 1 amide bonds. The standard InChI is InChI=1S/C21H26F6N2O/c22-20(23,24)17-9-16(10-18(11-17)21(25,26)27)19(30)28-12-14-5-7-29(8-6-14)13-15-3-1-2-4-15/h9-11,14-15H,1-8,12-13H2,(H,28,30). The molecule has 168 valence electrons. The molecule has 1 aliphatic heterocycles. The molecule has 9 heteroatoms. The van der Waals surface area contributed by atoms with Crippen LogP contribution < -0.4 is 5.32 Å². The molecule has 0 aromatic heterocycles. The number of likely N-dealkylation sites (tertiary alicyclic amines) is 1. The quantitative estimate of drug-likeness (QED) is 0.631. The monoisotopic (exact) mass is 436 g/mol. The van der Waals surface area contributed by atoms with Crippen molar-refractivity contribution < 1.29 is 31.1 Å². The number of hydrogen-bond acceptors (Lipinski definition) is 2. The van der Waals surface area contributed by atoms with Crippen molar-refractivity contribution in [3.8, 4) is 0 Å². The maximum absolute atomic E-state index is 13.0. The highest BCUT2D eigenvalue weighted by atomic mass is 19.4. The van der Waals surface area contributed by atoms with Gasteiger partial charge < -0.3 is 10.2 Å². The van der Waals surface area contributed by atoms with E-state index in [2.05, 4.69) is 10.2 Å². The van der Waals surface area contributed by atoms with Crippen LogP contribution in [0.2, 0.25) is 0 Å². The minimum absolute atomic E-state index is 0.0247. The van der Waals surface area contributed by atoms with E-state index in [1.807, 2.05) is 0 Å². The van der Waals surface area contributed by atoms with E-state index in [1.54, 1.807) is 0 Å². The highest BCUT2D eigenvalue weighted by Crippen LogP contribution is 2.36. The highest BCUT2D eigenvalue weighted by molar-refractivity contribution is 5.94. The Morgan fingerprint density at radius 1 is 0.867 bits per heavy atom. The molecule has 2 fully saturated rings. The first-order chi connectivity index (χ1) is 14.0. The van der Waals surface area contributed by atoms with Gasteiger partial charge in [0.05, 0.1) is 11.1 Å². The van der Waals surface area contributed by atoms with Crippen LogP contribution in [-0.4, -0.2) is 37.0 Å². The van der Waals surface area contributed by atoms with Gasteiger partial charge in [-0.15, -0.1) is 0 Å². The van der Waals surface area contributed by atoms with Crippen LogP contribution in [0.25, 0.3) is 0 Å². The van der Waals surface area contributed by atoms with Crippen molar-refractivity contribution >= 4 is 5.91 Å². The van der Waals surface area contributed by atoms with Crippen LogP contribution in [0.1, 0.15) is 60.0 Å². The molecule has 1 N–H and O–H groups in total. The Balaban J connectivity index is 1.56. The van der Waals surface area contributed by atoms with Gasteiger partial charge in [0.2, 0.25) is 0 Å². The number of rotatable bonds is 5. The summed E-state index contributed by atoms with van der Waals surface area (Å²) in [6.07, 6.45) is -3.12. The molecule has 1 aromatic rings. The van der Waals surface area contributed by atoms with Gasteiger partial charge in [-0.05, 0) is 68.8 Å². The molecule has 3 nitrogen and oxygen atoms in total. The second kappa shape index (κ2) is 9.16. The van der Waals surface area contributed by atoms with Crippen molar-refractivity contribution in [2.75, 3.05) is 26.2 Å². The molecule has 30 heavy (non-hydrogen) atoms. The third kappa shape index (κ3) is 6.12. The molecule has 1 heterocycles. The predicted octanol–water partition coefficient (Wildman–Crippen LogP) is 5.36. The third-order valence-corrected chi connectivity index (χ3v) is 6.10. The predicted molar refractivity (Wildman–Crippen MR) is 99.9 cm³/mol. The average Bonchev–Trinajstić information content (AvgIpc) is 3.18. The molecule has 1 aromatic carbocycles. The molecule has 0 spiro atoms. The minimum atomic E-state index is -4.97. The molecule has 1 saturated heterocycles. The van der Waals surface area contributed by atoms with Gasteiger partial charge in [0, 0.05) is 18.7 Å². The Labute approximate surface area is 171 Å². The summed E-state index contributed by atoms with van der Waals surface area (Å²) in [6, 6.07) is 0.959. The maximum Gasteiger partial charge on any atom is 0.416 e. The van der Waals surface area contributed by atoms with E-state index in [1.165, 1.54) is 25.7 Å². The van der Waals surface area contributed by atoms with Crippen molar-refractivity contribution in [2.24, 2.45) is 11.8 Å². The number of carbonyl (C=O) groups excluding carboxylic acids is 1. The molecule has 0 bridgehead atoms. The number of hydrogen-bond donors (Lipinski definition) is 1. The lowest BCUT2D eigenvalue weighted by atomic mass is 9.95. The molecule has 3 rings (SSSR count). The van der Waals surface area contributed by atoms with Gasteiger partial charge in [-0.3, -0.25) is 4.79 Å². The number of nitrogens with zero attached hydrogens (tertiary/aromatic N) is 1. The largest absolute Gasteiger partial charge is 0.416 e. The average molecular weight is 436 g/mol. The minimum Gasteiger partial charge on any atom is -0.352 e.